The van der Waals surface area contributed by atoms with Crippen LogP contribution in [0.2, 0.25) is 0 Å². The third-order valence-electron chi connectivity index (χ3n) is 2.56. The van der Waals surface area contributed by atoms with E-state index in [1.807, 2.05) is 27.7 Å². The lowest BCUT2D eigenvalue weighted by Gasteiger charge is -2.27. The second-order valence-corrected chi connectivity index (χ2v) is 7.87. The van der Waals surface area contributed by atoms with Crippen molar-refractivity contribution >= 4 is 31.8 Å². The van der Waals surface area contributed by atoms with Crippen LogP contribution in [0.15, 0.2) is 21.6 Å². The number of halogens is 1. The van der Waals surface area contributed by atoms with Crippen LogP contribution in [0.5, 0.6) is 0 Å². The van der Waals surface area contributed by atoms with Crippen LogP contribution in [0.3, 0.4) is 0 Å². The van der Waals surface area contributed by atoms with Crippen LogP contribution in [0.25, 0.3) is 0 Å². The van der Waals surface area contributed by atoms with E-state index >= 15 is 0 Å². The lowest BCUT2D eigenvalue weighted by molar-refractivity contribution is 0.319. The van der Waals surface area contributed by atoms with Crippen LogP contribution in [0.1, 0.15) is 27.7 Å². The molecule has 1 heterocycles. The van der Waals surface area contributed by atoms with Crippen molar-refractivity contribution in [2.75, 3.05) is 12.3 Å². The number of pyridine rings is 1. The molecule has 0 bridgehead atoms. The molecule has 1 aromatic heterocycles. The van der Waals surface area contributed by atoms with E-state index in [0.717, 1.165) is 0 Å². The highest BCUT2D eigenvalue weighted by Gasteiger charge is 2.30. The molecule has 0 aliphatic heterocycles. The number of hydrogen-bond donors (Lipinski definition) is 1. The Balaban J connectivity index is 3.30. The Kier molecular flexibility index (Phi) is 5.34. The van der Waals surface area contributed by atoms with E-state index in [1.165, 1.54) is 16.6 Å². The smallest absolute Gasteiger partial charge is 0.247 e. The molecule has 19 heavy (non-hydrogen) atoms. The zero-order valence-corrected chi connectivity index (χ0v) is 14.0. The normalized spacial score (nSPS) is 12.6. The van der Waals surface area contributed by atoms with Gasteiger partial charge in [0.1, 0.15) is 10.7 Å². The Bertz CT molecular complexity index is 544. The number of hydrogen-bond acceptors (Lipinski definition) is 4. The van der Waals surface area contributed by atoms with Crippen LogP contribution in [0.4, 0.5) is 5.82 Å². The number of nitrogens with two attached hydrogens (primary N) is 1. The van der Waals surface area contributed by atoms with Gasteiger partial charge in [0, 0.05) is 23.3 Å². The molecule has 0 saturated heterocycles. The summed E-state index contributed by atoms with van der Waals surface area (Å²) in [4.78, 5) is 3.94. The highest BCUT2D eigenvalue weighted by Crippen LogP contribution is 2.26. The van der Waals surface area contributed by atoms with E-state index < -0.39 is 10.0 Å². The topological polar surface area (TPSA) is 76.3 Å². The Hall–Kier alpha value is -0.660. The van der Waals surface area contributed by atoms with Gasteiger partial charge < -0.3 is 5.73 Å². The van der Waals surface area contributed by atoms with Crippen molar-refractivity contribution in [1.82, 2.24) is 9.29 Å². The lowest BCUT2D eigenvalue weighted by atomic mass is 10.2. The maximum atomic E-state index is 12.7. The highest BCUT2D eigenvalue weighted by atomic mass is 79.9. The van der Waals surface area contributed by atoms with Crippen molar-refractivity contribution in [3.63, 3.8) is 0 Å². The predicted octanol–water partition coefficient (Wildman–Crippen LogP) is 2.48. The molecule has 0 atom stereocenters. The second-order valence-electron chi connectivity index (χ2n) is 5.10. The molecule has 0 aromatic carbocycles. The van der Waals surface area contributed by atoms with E-state index in [0.29, 0.717) is 11.0 Å². The van der Waals surface area contributed by atoms with Crippen molar-refractivity contribution < 1.29 is 8.42 Å². The van der Waals surface area contributed by atoms with Gasteiger partial charge in [-0.15, -0.1) is 0 Å². The average Bonchev–Trinajstić information content (AvgIpc) is 2.28. The summed E-state index contributed by atoms with van der Waals surface area (Å²) >= 11 is 3.22. The third-order valence-corrected chi connectivity index (χ3v) is 5.06. The average molecular weight is 350 g/mol. The van der Waals surface area contributed by atoms with Gasteiger partial charge in [0.25, 0.3) is 0 Å². The van der Waals surface area contributed by atoms with Gasteiger partial charge >= 0.3 is 0 Å². The molecule has 0 amide bonds. The summed E-state index contributed by atoms with van der Waals surface area (Å²) in [7, 11) is -3.63. The molecule has 5 nitrogen and oxygen atoms in total. The van der Waals surface area contributed by atoms with Crippen molar-refractivity contribution in [2.45, 2.75) is 38.6 Å². The molecule has 0 aliphatic carbocycles. The maximum absolute atomic E-state index is 12.7. The fourth-order valence-electron chi connectivity index (χ4n) is 1.71. The molecule has 2 N–H and O–H groups in total. The van der Waals surface area contributed by atoms with Crippen LogP contribution in [-0.4, -0.2) is 30.3 Å². The minimum Gasteiger partial charge on any atom is -0.383 e. The molecule has 0 radical (unpaired) electrons. The van der Waals surface area contributed by atoms with E-state index in [2.05, 4.69) is 20.9 Å². The van der Waals surface area contributed by atoms with Gasteiger partial charge in [-0.2, -0.15) is 4.31 Å². The van der Waals surface area contributed by atoms with Gasteiger partial charge in [0.15, 0.2) is 0 Å². The maximum Gasteiger partial charge on any atom is 0.247 e. The molecule has 1 aromatic rings. The number of rotatable bonds is 5. The SMILES string of the molecule is CC(C)CN(C(C)C)S(=O)(=O)c1cc(Br)cnc1N. The van der Waals surface area contributed by atoms with Crippen LogP contribution in [0, 0.1) is 5.92 Å². The number of nitrogen functional groups attached to an aromatic ring is 1. The standard InChI is InChI=1S/C12H20BrN3O2S/c1-8(2)7-16(9(3)4)19(17,18)11-5-10(13)6-15-12(11)14/h5-6,8-9H,7H2,1-4H3,(H2,14,15). The van der Waals surface area contributed by atoms with Gasteiger partial charge in [-0.3, -0.25) is 0 Å². The molecule has 0 spiro atoms. The Morgan fingerprint density at radius 2 is 1.95 bits per heavy atom. The van der Waals surface area contributed by atoms with Gasteiger partial charge in [0.05, 0.1) is 0 Å². The number of nitrogens with zero attached hydrogens (tertiary/aromatic N) is 2. The largest absolute Gasteiger partial charge is 0.383 e. The van der Waals surface area contributed by atoms with Crippen molar-refractivity contribution in [1.29, 1.82) is 0 Å². The minimum atomic E-state index is -3.63. The fraction of sp³-hybridized carbons (Fsp3) is 0.583. The monoisotopic (exact) mass is 349 g/mol. The summed E-state index contributed by atoms with van der Waals surface area (Å²) in [5.41, 5.74) is 5.71. The van der Waals surface area contributed by atoms with Crippen LogP contribution >= 0.6 is 15.9 Å². The molecule has 0 fully saturated rings. The van der Waals surface area contributed by atoms with Gasteiger partial charge in [-0.1, -0.05) is 13.8 Å². The Morgan fingerprint density at radius 1 is 1.37 bits per heavy atom. The van der Waals surface area contributed by atoms with Crippen molar-refractivity contribution in [3.05, 3.63) is 16.7 Å². The quantitative estimate of drug-likeness (QED) is 0.885. The van der Waals surface area contributed by atoms with E-state index in [-0.39, 0.29) is 22.7 Å². The third kappa shape index (κ3) is 3.90. The number of anilines is 1. The first-order valence-electron chi connectivity index (χ1n) is 6.09. The van der Waals surface area contributed by atoms with E-state index in [1.54, 1.807) is 0 Å². The van der Waals surface area contributed by atoms with Gasteiger partial charge in [0.2, 0.25) is 10.0 Å². The zero-order chi connectivity index (χ0) is 14.8. The highest BCUT2D eigenvalue weighted by molar-refractivity contribution is 9.10. The first-order valence-corrected chi connectivity index (χ1v) is 8.32. The van der Waals surface area contributed by atoms with Crippen LogP contribution < -0.4 is 5.73 Å². The summed E-state index contributed by atoms with van der Waals surface area (Å²) in [6, 6.07) is 1.36. The Labute approximate surface area is 123 Å². The molecule has 0 saturated carbocycles. The van der Waals surface area contributed by atoms with Gasteiger partial charge in [-0.25, -0.2) is 13.4 Å². The molecule has 0 unspecified atom stereocenters. The van der Waals surface area contributed by atoms with Crippen molar-refractivity contribution in [3.8, 4) is 0 Å². The summed E-state index contributed by atoms with van der Waals surface area (Å²) in [5.74, 6) is 0.260. The summed E-state index contributed by atoms with van der Waals surface area (Å²) in [6.07, 6.45) is 1.48. The molecule has 7 heteroatoms. The summed E-state index contributed by atoms with van der Waals surface area (Å²) in [5, 5.41) is 0. The van der Waals surface area contributed by atoms with E-state index in [4.69, 9.17) is 5.73 Å². The molecule has 108 valence electrons. The molecular weight excluding hydrogens is 330 g/mol. The first kappa shape index (κ1) is 16.4. The minimum absolute atomic E-state index is 0.0256. The molecule has 0 aliphatic rings. The Morgan fingerprint density at radius 3 is 2.42 bits per heavy atom. The molecular formula is C12H20BrN3O2S. The lowest BCUT2D eigenvalue weighted by Crippen LogP contribution is -2.39. The van der Waals surface area contributed by atoms with Crippen molar-refractivity contribution in [2.24, 2.45) is 5.92 Å². The first-order chi connectivity index (χ1) is 8.66. The predicted molar refractivity (Wildman–Crippen MR) is 80.2 cm³/mol. The van der Waals surface area contributed by atoms with Gasteiger partial charge in [-0.05, 0) is 41.8 Å². The molecule has 1 rings (SSSR count). The summed E-state index contributed by atoms with van der Waals surface area (Å²) in [6.45, 7) is 8.11. The second kappa shape index (κ2) is 6.19. The number of aromatic nitrogens is 1. The van der Waals surface area contributed by atoms with Crippen LogP contribution in [-0.2, 0) is 10.0 Å². The fourth-order valence-corrected chi connectivity index (χ4v) is 4.09. The zero-order valence-electron chi connectivity index (χ0n) is 11.6. The number of sulfonamides is 1. The van der Waals surface area contributed by atoms with E-state index in [9.17, 15) is 8.42 Å². The summed E-state index contributed by atoms with van der Waals surface area (Å²) < 4.78 is 27.4.